The highest BCUT2D eigenvalue weighted by molar-refractivity contribution is 5.69. The molecule has 192 valence electrons. The number of anilines is 1. The average Bonchev–Trinajstić information content (AvgIpc) is 3.15. The van der Waals surface area contributed by atoms with E-state index in [2.05, 4.69) is 45.7 Å². The van der Waals surface area contributed by atoms with E-state index in [4.69, 9.17) is 15.5 Å². The van der Waals surface area contributed by atoms with E-state index in [0.29, 0.717) is 42.1 Å². The molecule has 7 atom stereocenters. The maximum atomic E-state index is 12.0. The number of rotatable bonds is 5. The molecule has 2 saturated carbocycles. The summed E-state index contributed by atoms with van der Waals surface area (Å²) in [5.74, 6) is 3.86. The van der Waals surface area contributed by atoms with Crippen LogP contribution in [0.1, 0.15) is 97.7 Å². The summed E-state index contributed by atoms with van der Waals surface area (Å²) in [5, 5.41) is 0. The van der Waals surface area contributed by atoms with E-state index in [9.17, 15) is 4.79 Å². The lowest BCUT2D eigenvalue weighted by molar-refractivity contribution is -0.143. The van der Waals surface area contributed by atoms with E-state index in [0.717, 1.165) is 30.4 Å². The average molecular weight is 480 g/mol. The Kier molecular flexibility index (Phi) is 6.08. The maximum Gasteiger partial charge on any atom is 0.305 e. The highest BCUT2D eigenvalue weighted by Crippen LogP contribution is 2.68. The van der Waals surface area contributed by atoms with Crippen molar-refractivity contribution < 1.29 is 9.53 Å². The standard InChI is InChI=1S/C30H45N3O2/c1-7-35-25(34)13-8-18(2)21-10-11-22-20-9-12-24-28(3,4)26-19(17-32-27(31)33-26)16-30(24,6)23(20)14-15-29(21,22)5/h12,17-18,20-23H,7-11,13-16H2,1-6H3,(H2,31,32,33)/t18-,20+,21-,22+,23+,29-,30-/m1/s1. The molecule has 35 heavy (non-hydrogen) atoms. The summed E-state index contributed by atoms with van der Waals surface area (Å²) < 4.78 is 5.21. The van der Waals surface area contributed by atoms with Gasteiger partial charge in [0.15, 0.2) is 0 Å². The van der Waals surface area contributed by atoms with E-state index in [1.807, 2.05) is 13.1 Å². The first-order chi connectivity index (χ1) is 16.5. The Morgan fingerprint density at radius 1 is 1.20 bits per heavy atom. The van der Waals surface area contributed by atoms with Gasteiger partial charge in [0.1, 0.15) is 0 Å². The minimum atomic E-state index is -0.106. The molecule has 5 heteroatoms. The van der Waals surface area contributed by atoms with Gasteiger partial charge >= 0.3 is 5.97 Å². The predicted octanol–water partition coefficient (Wildman–Crippen LogP) is 6.27. The van der Waals surface area contributed by atoms with E-state index >= 15 is 0 Å². The van der Waals surface area contributed by atoms with Crippen molar-refractivity contribution in [3.05, 3.63) is 29.1 Å². The van der Waals surface area contributed by atoms with Crippen molar-refractivity contribution in [2.45, 2.75) is 98.3 Å². The van der Waals surface area contributed by atoms with Crippen molar-refractivity contribution in [2.75, 3.05) is 12.3 Å². The molecule has 0 bridgehead atoms. The summed E-state index contributed by atoms with van der Waals surface area (Å²) in [6.07, 6.45) is 13.6. The van der Waals surface area contributed by atoms with Crippen LogP contribution in [0.15, 0.2) is 17.8 Å². The highest BCUT2D eigenvalue weighted by atomic mass is 16.5. The molecule has 0 aliphatic heterocycles. The van der Waals surface area contributed by atoms with Gasteiger partial charge in [-0.2, -0.15) is 0 Å². The predicted molar refractivity (Wildman–Crippen MR) is 140 cm³/mol. The molecule has 0 unspecified atom stereocenters. The van der Waals surface area contributed by atoms with Crippen molar-refractivity contribution in [1.82, 2.24) is 9.97 Å². The monoisotopic (exact) mass is 479 g/mol. The van der Waals surface area contributed by atoms with Gasteiger partial charge in [0.25, 0.3) is 0 Å². The van der Waals surface area contributed by atoms with E-state index < -0.39 is 0 Å². The zero-order valence-electron chi connectivity index (χ0n) is 22.7. The zero-order valence-corrected chi connectivity index (χ0v) is 22.7. The number of ether oxygens (including phenoxy) is 1. The zero-order chi connectivity index (χ0) is 25.2. The van der Waals surface area contributed by atoms with Gasteiger partial charge in [0, 0.05) is 18.0 Å². The molecule has 0 aromatic carbocycles. The molecule has 0 saturated heterocycles. The first-order valence-corrected chi connectivity index (χ1v) is 14.0. The van der Waals surface area contributed by atoms with Crippen LogP contribution >= 0.6 is 0 Å². The lowest BCUT2D eigenvalue weighted by Crippen LogP contribution is -2.54. The third-order valence-electron chi connectivity index (χ3n) is 11.0. The fourth-order valence-electron chi connectivity index (χ4n) is 9.66. The van der Waals surface area contributed by atoms with Crippen LogP contribution in [0, 0.1) is 40.4 Å². The Bertz CT molecular complexity index is 1030. The molecule has 2 fully saturated rings. The number of aromatic nitrogens is 2. The van der Waals surface area contributed by atoms with Crippen molar-refractivity contribution in [3.63, 3.8) is 0 Å². The molecule has 5 nitrogen and oxygen atoms in total. The van der Waals surface area contributed by atoms with Gasteiger partial charge in [-0.05, 0) is 97.9 Å². The number of fused-ring (bicyclic) bond motifs is 6. The summed E-state index contributed by atoms with van der Waals surface area (Å²) in [5.41, 5.74) is 10.4. The van der Waals surface area contributed by atoms with Crippen molar-refractivity contribution in [1.29, 1.82) is 0 Å². The molecular formula is C30H45N3O2. The lowest BCUT2D eigenvalue weighted by Gasteiger charge is -2.60. The minimum Gasteiger partial charge on any atom is -0.466 e. The smallest absolute Gasteiger partial charge is 0.305 e. The molecule has 1 aromatic rings. The highest BCUT2D eigenvalue weighted by Gasteiger charge is 2.61. The van der Waals surface area contributed by atoms with Crippen LogP contribution in [0.25, 0.3) is 0 Å². The van der Waals surface area contributed by atoms with Crippen molar-refractivity contribution >= 4 is 11.9 Å². The second-order valence-electron chi connectivity index (χ2n) is 13.1. The van der Waals surface area contributed by atoms with Gasteiger partial charge in [-0.3, -0.25) is 4.79 Å². The van der Waals surface area contributed by atoms with Gasteiger partial charge in [-0.25, -0.2) is 9.97 Å². The Morgan fingerprint density at radius 3 is 2.71 bits per heavy atom. The largest absolute Gasteiger partial charge is 0.466 e. The van der Waals surface area contributed by atoms with Crippen LogP contribution in [-0.4, -0.2) is 22.5 Å². The molecule has 4 aliphatic rings. The molecule has 2 N–H and O–H groups in total. The van der Waals surface area contributed by atoms with E-state index in [1.54, 1.807) is 5.57 Å². The summed E-state index contributed by atoms with van der Waals surface area (Å²) in [4.78, 5) is 21.1. The summed E-state index contributed by atoms with van der Waals surface area (Å²) in [6, 6.07) is 0. The van der Waals surface area contributed by atoms with Gasteiger partial charge in [-0.15, -0.1) is 0 Å². The van der Waals surface area contributed by atoms with Crippen molar-refractivity contribution in [3.8, 4) is 0 Å². The Balaban J connectivity index is 1.40. The number of nitrogen functional groups attached to an aromatic ring is 1. The number of carbonyl (C=O) groups excluding carboxylic acids is 1. The molecule has 0 spiro atoms. The number of hydrogen-bond acceptors (Lipinski definition) is 5. The number of esters is 1. The third-order valence-corrected chi connectivity index (χ3v) is 11.0. The summed E-state index contributed by atoms with van der Waals surface area (Å²) >= 11 is 0. The topological polar surface area (TPSA) is 78.1 Å². The molecule has 0 radical (unpaired) electrons. The van der Waals surface area contributed by atoms with Crippen LogP contribution in [0.2, 0.25) is 0 Å². The number of carbonyl (C=O) groups is 1. The molecule has 0 amide bonds. The Labute approximate surface area is 211 Å². The molecule has 4 aliphatic carbocycles. The molecule has 1 heterocycles. The van der Waals surface area contributed by atoms with E-state index in [-0.39, 0.29) is 16.8 Å². The first kappa shape index (κ1) is 24.8. The number of nitrogens with two attached hydrogens (primary N) is 1. The van der Waals surface area contributed by atoms with Crippen LogP contribution in [0.3, 0.4) is 0 Å². The fraction of sp³-hybridized carbons (Fsp3) is 0.767. The van der Waals surface area contributed by atoms with E-state index in [1.165, 1.54) is 37.7 Å². The van der Waals surface area contributed by atoms with Crippen LogP contribution < -0.4 is 5.73 Å². The third kappa shape index (κ3) is 3.74. The molecule has 5 rings (SSSR count). The Hall–Kier alpha value is -1.91. The molecule has 1 aromatic heterocycles. The van der Waals surface area contributed by atoms with Crippen LogP contribution in [0.5, 0.6) is 0 Å². The summed E-state index contributed by atoms with van der Waals surface area (Å²) in [6.45, 7) is 14.6. The fourth-order valence-corrected chi connectivity index (χ4v) is 9.66. The second kappa shape index (κ2) is 8.59. The summed E-state index contributed by atoms with van der Waals surface area (Å²) in [7, 11) is 0. The number of hydrogen-bond donors (Lipinski definition) is 1. The first-order valence-electron chi connectivity index (χ1n) is 14.0. The normalized spacial score (nSPS) is 37.8. The Morgan fingerprint density at radius 2 is 1.97 bits per heavy atom. The van der Waals surface area contributed by atoms with Crippen molar-refractivity contribution in [2.24, 2.45) is 40.4 Å². The lowest BCUT2D eigenvalue weighted by atomic mass is 9.44. The maximum absolute atomic E-state index is 12.0. The molecular weight excluding hydrogens is 434 g/mol. The quantitative estimate of drug-likeness (QED) is 0.398. The van der Waals surface area contributed by atoms with Crippen LogP contribution in [-0.2, 0) is 21.4 Å². The number of nitrogens with zero attached hydrogens (tertiary/aromatic N) is 2. The van der Waals surface area contributed by atoms with Gasteiger partial charge < -0.3 is 10.5 Å². The van der Waals surface area contributed by atoms with Crippen LogP contribution in [0.4, 0.5) is 5.95 Å². The van der Waals surface area contributed by atoms with Gasteiger partial charge in [0.2, 0.25) is 5.95 Å². The van der Waals surface area contributed by atoms with Gasteiger partial charge in [-0.1, -0.05) is 46.3 Å². The van der Waals surface area contributed by atoms with Gasteiger partial charge in [0.05, 0.1) is 12.3 Å². The second-order valence-corrected chi connectivity index (χ2v) is 13.1. The SMILES string of the molecule is CCOC(=O)CC[C@@H](C)[C@H]1CC[C@H]2[C@@H]3CC=C4C(C)(C)c5nc(N)ncc5C[C@]4(C)[C@H]3CC[C@]12C. The minimum absolute atomic E-state index is 0.0356. The number of allylic oxidation sites excluding steroid dienone is 2.